The molecule has 0 spiro atoms. The first-order chi connectivity index (χ1) is 14.9. The van der Waals surface area contributed by atoms with Crippen molar-refractivity contribution in [1.29, 1.82) is 0 Å². The van der Waals surface area contributed by atoms with Crippen molar-refractivity contribution in [2.45, 2.75) is 26.8 Å². The summed E-state index contributed by atoms with van der Waals surface area (Å²) in [5.74, 6) is -0.242. The van der Waals surface area contributed by atoms with Crippen molar-refractivity contribution in [3.8, 4) is 0 Å². The van der Waals surface area contributed by atoms with Crippen LogP contribution < -0.4 is 16.2 Å². The topological polar surface area (TPSA) is 83.5 Å². The average Bonchev–Trinajstić information content (AvgIpc) is 3.02. The van der Waals surface area contributed by atoms with Gasteiger partial charge in [0.1, 0.15) is 0 Å². The van der Waals surface area contributed by atoms with Gasteiger partial charge in [0, 0.05) is 25.2 Å². The minimum atomic E-state index is -0.242. The second kappa shape index (κ2) is 11.6. The molecule has 2 aromatic rings. The number of carbonyl (C=O) groups is 1. The van der Waals surface area contributed by atoms with Crippen molar-refractivity contribution in [2.24, 2.45) is 0 Å². The number of amides is 1. The van der Waals surface area contributed by atoms with Crippen molar-refractivity contribution in [3.05, 3.63) is 51.3 Å². The number of benzene rings is 1. The number of hydrogen-bond acceptors (Lipinski definition) is 5. The number of morpholine rings is 1. The fourth-order valence-electron chi connectivity index (χ4n) is 3.37. The molecule has 1 saturated heterocycles. The van der Waals surface area contributed by atoms with E-state index in [-0.39, 0.29) is 5.91 Å². The number of thiocarbonyl (C=S) groups is 1. The van der Waals surface area contributed by atoms with Crippen LogP contribution in [0.5, 0.6) is 0 Å². The fraction of sp³-hybridized carbons (Fsp3) is 0.476. The summed E-state index contributed by atoms with van der Waals surface area (Å²) in [6.45, 7) is 9.89. The first-order valence-electron chi connectivity index (χ1n) is 10.4. The molecular formula is C21H29BrN6O2S. The molecule has 1 aromatic carbocycles. The summed E-state index contributed by atoms with van der Waals surface area (Å²) in [4.78, 5) is 14.9. The lowest BCUT2D eigenvalue weighted by atomic mass is 10.1. The van der Waals surface area contributed by atoms with Gasteiger partial charge in [-0.25, -0.2) is 0 Å². The SMILES string of the molecule is Cc1nn(Cc2cccc(C(=O)NNC(=S)NCCCN3CCOCC3)c2)c(C)c1Br. The zero-order valence-corrected chi connectivity index (χ0v) is 20.3. The Bertz CT molecular complexity index is 913. The Balaban J connectivity index is 1.42. The number of carbonyl (C=O) groups excluding carboxylic acids is 1. The van der Waals surface area contributed by atoms with E-state index in [4.69, 9.17) is 17.0 Å². The summed E-state index contributed by atoms with van der Waals surface area (Å²) >= 11 is 8.79. The maximum Gasteiger partial charge on any atom is 0.269 e. The molecule has 168 valence electrons. The number of hydrogen-bond donors (Lipinski definition) is 3. The highest BCUT2D eigenvalue weighted by Crippen LogP contribution is 2.20. The van der Waals surface area contributed by atoms with Crippen LogP contribution >= 0.6 is 28.1 Å². The van der Waals surface area contributed by atoms with Gasteiger partial charge >= 0.3 is 0 Å². The van der Waals surface area contributed by atoms with E-state index in [0.717, 1.165) is 67.2 Å². The standard InChI is InChI=1S/C21H29BrN6O2S/c1-15-19(22)16(2)28(26-15)14-17-5-3-6-18(13-17)20(29)24-25-21(31)23-7-4-8-27-9-11-30-12-10-27/h3,5-6,13H,4,7-12,14H2,1-2H3,(H,24,29)(H2,23,25,31). The van der Waals surface area contributed by atoms with Gasteiger partial charge in [-0.05, 0) is 72.7 Å². The first-order valence-corrected chi connectivity index (χ1v) is 11.6. The molecule has 0 aliphatic carbocycles. The van der Waals surface area contributed by atoms with Crippen molar-refractivity contribution in [2.75, 3.05) is 39.4 Å². The van der Waals surface area contributed by atoms with Crippen LogP contribution in [-0.4, -0.2) is 65.1 Å². The molecule has 1 aliphatic rings. The average molecular weight is 509 g/mol. The van der Waals surface area contributed by atoms with E-state index < -0.39 is 0 Å². The number of aryl methyl sites for hydroxylation is 1. The molecular weight excluding hydrogens is 480 g/mol. The van der Waals surface area contributed by atoms with Crippen LogP contribution in [-0.2, 0) is 11.3 Å². The van der Waals surface area contributed by atoms with E-state index in [0.29, 0.717) is 17.2 Å². The number of ether oxygens (including phenoxy) is 1. The number of nitrogens with one attached hydrogen (secondary N) is 3. The molecule has 0 radical (unpaired) electrons. The fourth-order valence-corrected chi connectivity index (χ4v) is 3.81. The predicted molar refractivity (Wildman–Crippen MR) is 128 cm³/mol. The molecule has 2 heterocycles. The molecule has 0 saturated carbocycles. The normalized spacial score (nSPS) is 14.3. The Morgan fingerprint density at radius 2 is 2.03 bits per heavy atom. The Morgan fingerprint density at radius 1 is 1.26 bits per heavy atom. The zero-order chi connectivity index (χ0) is 22.2. The lowest BCUT2D eigenvalue weighted by molar-refractivity contribution is 0.0376. The summed E-state index contributed by atoms with van der Waals surface area (Å²) < 4.78 is 8.28. The van der Waals surface area contributed by atoms with Crippen LogP contribution in [0.1, 0.15) is 33.7 Å². The number of nitrogens with zero attached hydrogens (tertiary/aromatic N) is 3. The van der Waals surface area contributed by atoms with Crippen molar-refractivity contribution in [3.63, 3.8) is 0 Å². The molecule has 3 rings (SSSR count). The highest BCUT2D eigenvalue weighted by molar-refractivity contribution is 9.10. The van der Waals surface area contributed by atoms with E-state index >= 15 is 0 Å². The molecule has 1 aliphatic heterocycles. The van der Waals surface area contributed by atoms with E-state index in [2.05, 4.69) is 42.1 Å². The number of aromatic nitrogens is 2. The van der Waals surface area contributed by atoms with Crippen molar-refractivity contribution in [1.82, 2.24) is 30.8 Å². The summed E-state index contributed by atoms with van der Waals surface area (Å²) in [5, 5.41) is 8.05. The Morgan fingerprint density at radius 3 is 2.74 bits per heavy atom. The van der Waals surface area contributed by atoms with Gasteiger partial charge < -0.3 is 10.1 Å². The monoisotopic (exact) mass is 508 g/mol. The molecule has 0 unspecified atom stereocenters. The van der Waals surface area contributed by atoms with Crippen molar-refractivity contribution < 1.29 is 9.53 Å². The minimum absolute atomic E-state index is 0.242. The molecule has 0 atom stereocenters. The second-order valence-electron chi connectivity index (χ2n) is 7.49. The predicted octanol–water partition coefficient (Wildman–Crippen LogP) is 2.14. The highest BCUT2D eigenvalue weighted by atomic mass is 79.9. The van der Waals surface area contributed by atoms with Gasteiger partial charge in [0.15, 0.2) is 5.11 Å². The van der Waals surface area contributed by atoms with E-state index in [9.17, 15) is 4.79 Å². The lowest BCUT2D eigenvalue weighted by Gasteiger charge is -2.26. The van der Waals surface area contributed by atoms with Gasteiger partial charge in [-0.2, -0.15) is 5.10 Å². The third kappa shape index (κ3) is 6.99. The van der Waals surface area contributed by atoms with Gasteiger partial charge in [0.25, 0.3) is 5.91 Å². The summed E-state index contributed by atoms with van der Waals surface area (Å²) in [5.41, 5.74) is 8.98. The molecule has 10 heteroatoms. The van der Waals surface area contributed by atoms with Crippen molar-refractivity contribution >= 4 is 39.2 Å². The molecule has 1 amide bonds. The Kier molecular flexibility index (Phi) is 8.82. The van der Waals surface area contributed by atoms with Gasteiger partial charge in [0.05, 0.1) is 35.6 Å². The molecule has 3 N–H and O–H groups in total. The second-order valence-corrected chi connectivity index (χ2v) is 8.69. The van der Waals surface area contributed by atoms with Crippen LogP contribution in [0.25, 0.3) is 0 Å². The van der Waals surface area contributed by atoms with Crippen LogP contribution in [0, 0.1) is 13.8 Å². The Hall–Kier alpha value is -2.01. The van der Waals surface area contributed by atoms with Crippen LogP contribution in [0.3, 0.4) is 0 Å². The number of rotatable bonds is 7. The number of halogens is 1. The summed E-state index contributed by atoms with van der Waals surface area (Å²) in [6, 6.07) is 7.49. The summed E-state index contributed by atoms with van der Waals surface area (Å²) in [6.07, 6.45) is 0.972. The largest absolute Gasteiger partial charge is 0.379 e. The third-order valence-electron chi connectivity index (χ3n) is 5.14. The number of hydrazine groups is 1. The third-order valence-corrected chi connectivity index (χ3v) is 6.54. The quantitative estimate of drug-likeness (QED) is 0.300. The van der Waals surface area contributed by atoms with Gasteiger partial charge in [-0.3, -0.25) is 25.2 Å². The highest BCUT2D eigenvalue weighted by Gasteiger charge is 2.12. The smallest absolute Gasteiger partial charge is 0.269 e. The summed E-state index contributed by atoms with van der Waals surface area (Å²) in [7, 11) is 0. The first kappa shape index (κ1) is 23.6. The van der Waals surface area contributed by atoms with E-state index in [1.165, 1.54) is 0 Å². The van der Waals surface area contributed by atoms with Crippen LogP contribution in [0.15, 0.2) is 28.7 Å². The minimum Gasteiger partial charge on any atom is -0.379 e. The van der Waals surface area contributed by atoms with Gasteiger partial charge in [0.2, 0.25) is 0 Å². The van der Waals surface area contributed by atoms with E-state index in [1.54, 1.807) is 6.07 Å². The maximum absolute atomic E-state index is 12.5. The van der Waals surface area contributed by atoms with Gasteiger partial charge in [-0.1, -0.05) is 12.1 Å². The molecule has 1 fully saturated rings. The van der Waals surface area contributed by atoms with Crippen LogP contribution in [0.2, 0.25) is 0 Å². The molecule has 31 heavy (non-hydrogen) atoms. The zero-order valence-electron chi connectivity index (χ0n) is 17.9. The van der Waals surface area contributed by atoms with E-state index in [1.807, 2.05) is 36.7 Å². The molecule has 0 bridgehead atoms. The molecule has 1 aromatic heterocycles. The molecule has 8 nitrogen and oxygen atoms in total. The maximum atomic E-state index is 12.5. The van der Waals surface area contributed by atoms with Gasteiger partial charge in [-0.15, -0.1) is 0 Å². The Labute approximate surface area is 196 Å². The van der Waals surface area contributed by atoms with Crippen LogP contribution in [0.4, 0.5) is 0 Å². The lowest BCUT2D eigenvalue weighted by Crippen LogP contribution is -2.47.